The molecule has 12 rings (SSSR count). The van der Waals surface area contributed by atoms with Gasteiger partial charge in [0.1, 0.15) is 11.2 Å². The van der Waals surface area contributed by atoms with Gasteiger partial charge in [-0.05, 0) is 129 Å². The molecule has 0 aliphatic carbocycles. The van der Waals surface area contributed by atoms with Gasteiger partial charge in [-0.25, -0.2) is 0 Å². The molecule has 61 heavy (non-hydrogen) atoms. The number of benzene rings is 10. The number of aromatic nitrogens is 1. The van der Waals surface area contributed by atoms with Crippen molar-refractivity contribution < 1.29 is 4.42 Å². The molecular weight excluding hydrogens is 741 g/mol. The summed E-state index contributed by atoms with van der Waals surface area (Å²) < 4.78 is 8.59. The second-order valence-corrected chi connectivity index (χ2v) is 15.8. The fourth-order valence-electron chi connectivity index (χ4n) is 9.14. The second-order valence-electron chi connectivity index (χ2n) is 15.8. The smallest absolute Gasteiger partial charge is 0.135 e. The Morgan fingerprint density at radius 3 is 1.54 bits per heavy atom. The van der Waals surface area contributed by atoms with E-state index in [2.05, 4.69) is 228 Å². The summed E-state index contributed by atoms with van der Waals surface area (Å²) in [5.41, 5.74) is 15.7. The molecule has 2 aromatic heterocycles. The molecule has 10 aromatic carbocycles. The maximum atomic E-state index is 6.23. The third-order valence-electron chi connectivity index (χ3n) is 12.2. The van der Waals surface area contributed by atoms with Gasteiger partial charge in [-0.15, -0.1) is 0 Å². The van der Waals surface area contributed by atoms with Gasteiger partial charge in [-0.2, -0.15) is 0 Å². The molecule has 0 aliphatic heterocycles. The van der Waals surface area contributed by atoms with E-state index in [9.17, 15) is 0 Å². The first-order valence-corrected chi connectivity index (χ1v) is 20.8. The van der Waals surface area contributed by atoms with Gasteiger partial charge in [0, 0.05) is 44.3 Å². The van der Waals surface area contributed by atoms with Gasteiger partial charge in [0.2, 0.25) is 0 Å². The quantitative estimate of drug-likeness (QED) is 0.161. The van der Waals surface area contributed by atoms with Crippen LogP contribution in [-0.4, -0.2) is 4.57 Å². The van der Waals surface area contributed by atoms with Crippen molar-refractivity contribution >= 4 is 71.6 Å². The topological polar surface area (TPSA) is 21.3 Å². The number of hydrogen-bond donors (Lipinski definition) is 0. The molecule has 0 N–H and O–H groups in total. The summed E-state index contributed by atoms with van der Waals surface area (Å²) in [5, 5.41) is 7.22. The minimum Gasteiger partial charge on any atom is -0.456 e. The predicted molar refractivity (Wildman–Crippen MR) is 257 cm³/mol. The Kier molecular flexibility index (Phi) is 8.17. The minimum absolute atomic E-state index is 0.884. The van der Waals surface area contributed by atoms with Crippen molar-refractivity contribution in [3.8, 4) is 39.1 Å². The van der Waals surface area contributed by atoms with E-state index in [1.807, 2.05) is 12.1 Å². The highest BCUT2D eigenvalue weighted by Crippen LogP contribution is 2.41. The minimum atomic E-state index is 0.884. The maximum Gasteiger partial charge on any atom is 0.135 e. The number of nitrogens with zero attached hydrogens (tertiary/aromatic N) is 2. The van der Waals surface area contributed by atoms with Crippen molar-refractivity contribution in [2.75, 3.05) is 4.90 Å². The van der Waals surface area contributed by atoms with E-state index in [1.54, 1.807) is 0 Å². The number of anilines is 3. The SMILES string of the molecule is c1ccc(-n2c3ccccc3c3cc(-c4ccc(-c5ccc(N(c6ccc(-c7ccc8ccccc8c7)cc6)c6ccc7oc8ccccc8c7c6)cc5)cc4)ccc32)cc1. The maximum absolute atomic E-state index is 6.23. The summed E-state index contributed by atoms with van der Waals surface area (Å²) in [6.45, 7) is 0. The van der Waals surface area contributed by atoms with E-state index >= 15 is 0 Å². The summed E-state index contributed by atoms with van der Waals surface area (Å²) in [6.07, 6.45) is 0. The highest BCUT2D eigenvalue weighted by atomic mass is 16.3. The third kappa shape index (κ3) is 6.06. The molecule has 286 valence electrons. The van der Waals surface area contributed by atoms with E-state index in [0.29, 0.717) is 0 Å². The van der Waals surface area contributed by atoms with E-state index < -0.39 is 0 Å². The average molecular weight is 779 g/mol. The van der Waals surface area contributed by atoms with Crippen LogP contribution >= 0.6 is 0 Å². The van der Waals surface area contributed by atoms with Crippen molar-refractivity contribution in [1.29, 1.82) is 0 Å². The fraction of sp³-hybridized carbons (Fsp3) is 0. The van der Waals surface area contributed by atoms with Crippen LogP contribution in [0.2, 0.25) is 0 Å². The van der Waals surface area contributed by atoms with Crippen LogP contribution in [0, 0.1) is 0 Å². The number of furan rings is 1. The molecule has 0 aliphatic rings. The van der Waals surface area contributed by atoms with Crippen LogP contribution in [0.15, 0.2) is 235 Å². The van der Waals surface area contributed by atoms with Crippen LogP contribution in [0.4, 0.5) is 17.1 Å². The molecule has 0 unspecified atom stereocenters. The van der Waals surface area contributed by atoms with Crippen LogP contribution in [0.3, 0.4) is 0 Å². The Hall–Kier alpha value is -8.14. The number of hydrogen-bond acceptors (Lipinski definition) is 2. The normalized spacial score (nSPS) is 11.6. The Morgan fingerprint density at radius 2 is 0.803 bits per heavy atom. The summed E-state index contributed by atoms with van der Waals surface area (Å²) in [4.78, 5) is 2.34. The average Bonchev–Trinajstić information content (AvgIpc) is 3.87. The van der Waals surface area contributed by atoms with E-state index in [0.717, 1.165) is 39.0 Å². The molecule has 12 aromatic rings. The zero-order valence-electron chi connectivity index (χ0n) is 33.2. The summed E-state index contributed by atoms with van der Waals surface area (Å²) in [7, 11) is 0. The Labute approximate surface area is 353 Å². The lowest BCUT2D eigenvalue weighted by Crippen LogP contribution is -2.09. The number of fused-ring (bicyclic) bond motifs is 7. The lowest BCUT2D eigenvalue weighted by atomic mass is 9.98. The Bertz CT molecular complexity index is 3560. The van der Waals surface area contributed by atoms with Gasteiger partial charge in [0.25, 0.3) is 0 Å². The van der Waals surface area contributed by atoms with Gasteiger partial charge < -0.3 is 13.9 Å². The first kappa shape index (κ1) is 34.9. The highest BCUT2D eigenvalue weighted by Gasteiger charge is 2.17. The predicted octanol–water partition coefficient (Wildman–Crippen LogP) is 16.3. The zero-order chi connectivity index (χ0) is 40.3. The molecule has 3 heteroatoms. The molecule has 0 radical (unpaired) electrons. The molecule has 0 atom stereocenters. The van der Waals surface area contributed by atoms with Crippen molar-refractivity contribution in [1.82, 2.24) is 4.57 Å². The molecule has 3 nitrogen and oxygen atoms in total. The lowest BCUT2D eigenvalue weighted by Gasteiger charge is -2.26. The summed E-state index contributed by atoms with van der Waals surface area (Å²) in [6, 6.07) is 83.0. The van der Waals surface area contributed by atoms with Crippen molar-refractivity contribution in [2.45, 2.75) is 0 Å². The Morgan fingerprint density at radius 1 is 0.295 bits per heavy atom. The molecule has 0 amide bonds. The third-order valence-corrected chi connectivity index (χ3v) is 12.2. The summed E-state index contributed by atoms with van der Waals surface area (Å²) >= 11 is 0. The largest absolute Gasteiger partial charge is 0.456 e. The summed E-state index contributed by atoms with van der Waals surface area (Å²) in [5.74, 6) is 0. The van der Waals surface area contributed by atoms with Gasteiger partial charge in [-0.3, -0.25) is 0 Å². The van der Waals surface area contributed by atoms with Crippen LogP contribution < -0.4 is 4.90 Å². The van der Waals surface area contributed by atoms with Crippen LogP contribution in [0.1, 0.15) is 0 Å². The standard InChI is InChI=1S/C58H38N2O/c1-2-12-47(13-3-1)60-55-16-8-6-14-51(55)53-37-46(28-34-56(53)60)42-20-18-40(19-21-42)41-24-29-48(30-25-41)59(50-33-35-58-54(38-50)52-15-7-9-17-57(52)61-58)49-31-26-43(27-32-49)45-23-22-39-10-4-5-11-44(39)36-45/h1-38H. The van der Waals surface area contributed by atoms with Crippen molar-refractivity contribution in [3.05, 3.63) is 231 Å². The van der Waals surface area contributed by atoms with Gasteiger partial charge in [-0.1, -0.05) is 146 Å². The van der Waals surface area contributed by atoms with Crippen molar-refractivity contribution in [2.24, 2.45) is 0 Å². The van der Waals surface area contributed by atoms with E-state index in [1.165, 1.54) is 71.6 Å². The monoisotopic (exact) mass is 778 g/mol. The molecule has 0 spiro atoms. The highest BCUT2D eigenvalue weighted by molar-refractivity contribution is 6.10. The lowest BCUT2D eigenvalue weighted by molar-refractivity contribution is 0.669. The Balaban J connectivity index is 0.884. The van der Waals surface area contributed by atoms with Crippen LogP contribution in [0.25, 0.3) is 93.6 Å². The van der Waals surface area contributed by atoms with Gasteiger partial charge in [0.15, 0.2) is 0 Å². The molecule has 0 fully saturated rings. The van der Waals surface area contributed by atoms with Crippen molar-refractivity contribution in [3.63, 3.8) is 0 Å². The second kappa shape index (κ2) is 14.3. The number of rotatable bonds is 7. The molecule has 2 heterocycles. The zero-order valence-corrected chi connectivity index (χ0v) is 33.2. The van der Waals surface area contributed by atoms with Gasteiger partial charge in [0.05, 0.1) is 11.0 Å². The molecule has 0 saturated carbocycles. The van der Waals surface area contributed by atoms with Crippen LogP contribution in [-0.2, 0) is 0 Å². The molecule has 0 bridgehead atoms. The first-order chi connectivity index (χ1) is 30.2. The molecular formula is C58H38N2O. The fourth-order valence-corrected chi connectivity index (χ4v) is 9.14. The molecule has 0 saturated heterocycles. The number of para-hydroxylation sites is 3. The first-order valence-electron chi connectivity index (χ1n) is 20.8. The van der Waals surface area contributed by atoms with E-state index in [-0.39, 0.29) is 0 Å². The van der Waals surface area contributed by atoms with Crippen LogP contribution in [0.5, 0.6) is 0 Å². The van der Waals surface area contributed by atoms with E-state index in [4.69, 9.17) is 4.42 Å². The van der Waals surface area contributed by atoms with Gasteiger partial charge >= 0.3 is 0 Å².